The van der Waals surface area contributed by atoms with E-state index in [0.29, 0.717) is 23.7 Å². The van der Waals surface area contributed by atoms with Crippen molar-refractivity contribution >= 4 is 22.4 Å². The maximum atomic E-state index is 12.2. The molecule has 7 nitrogen and oxygen atoms in total. The van der Waals surface area contributed by atoms with Gasteiger partial charge in [0.05, 0.1) is 12.2 Å². The first-order valence-corrected chi connectivity index (χ1v) is 9.24. The molecule has 0 saturated heterocycles. The topological polar surface area (TPSA) is 86.1 Å². The lowest BCUT2D eigenvalue weighted by Gasteiger charge is -2.08. The molecule has 1 aromatic carbocycles. The molecule has 0 unspecified atom stereocenters. The van der Waals surface area contributed by atoms with Crippen LogP contribution in [0.2, 0.25) is 0 Å². The number of anilines is 1. The molecule has 3 rings (SSSR count). The number of ether oxygens (including phenoxy) is 1. The molecule has 2 heterocycles. The third-order valence-electron chi connectivity index (χ3n) is 3.95. The fourth-order valence-electron chi connectivity index (χ4n) is 2.41. The lowest BCUT2D eigenvalue weighted by atomic mass is 10.1. The summed E-state index contributed by atoms with van der Waals surface area (Å²) in [5, 5.41) is 12.0. The maximum Gasteiger partial charge on any atom is 0.258 e. The molecule has 0 atom stereocenters. The van der Waals surface area contributed by atoms with E-state index >= 15 is 0 Å². The minimum absolute atomic E-state index is 0.173. The van der Waals surface area contributed by atoms with Crippen LogP contribution in [0.15, 0.2) is 41.3 Å². The smallest absolute Gasteiger partial charge is 0.258 e. The van der Waals surface area contributed by atoms with Gasteiger partial charge in [-0.3, -0.25) is 14.9 Å². The largest absolute Gasteiger partial charge is 0.493 e. The van der Waals surface area contributed by atoms with Crippen molar-refractivity contribution in [1.29, 1.82) is 0 Å². The zero-order valence-electron chi connectivity index (χ0n) is 15.4. The Morgan fingerprint density at radius 3 is 2.81 bits per heavy atom. The number of hydrogen-bond acceptors (Lipinski definition) is 6. The maximum absolute atomic E-state index is 12.2. The van der Waals surface area contributed by atoms with E-state index in [1.807, 2.05) is 32.0 Å². The predicted octanol–water partition coefficient (Wildman–Crippen LogP) is 2.73. The number of aryl methyl sites for hydroxylation is 3. The van der Waals surface area contributed by atoms with Crippen molar-refractivity contribution in [3.8, 4) is 5.75 Å². The first kappa shape index (κ1) is 18.8. The molecule has 2 aromatic heterocycles. The van der Waals surface area contributed by atoms with E-state index in [4.69, 9.17) is 4.74 Å². The minimum Gasteiger partial charge on any atom is -0.493 e. The average Bonchev–Trinajstić information content (AvgIpc) is 3.07. The molecule has 3 aromatic rings. The van der Waals surface area contributed by atoms with Gasteiger partial charge in [0, 0.05) is 25.7 Å². The van der Waals surface area contributed by atoms with Gasteiger partial charge in [0.15, 0.2) is 0 Å². The number of aromatic nitrogens is 3. The van der Waals surface area contributed by atoms with Crippen LogP contribution in [0.5, 0.6) is 5.75 Å². The number of carbonyl (C=O) groups excluding carboxylic acids is 1. The molecule has 140 valence electrons. The monoisotopic (exact) mass is 384 g/mol. The van der Waals surface area contributed by atoms with Crippen LogP contribution in [0.1, 0.15) is 26.5 Å². The quantitative estimate of drug-likeness (QED) is 0.706. The summed E-state index contributed by atoms with van der Waals surface area (Å²) in [6.45, 7) is 4.51. The number of rotatable bonds is 6. The SMILES string of the molecule is Cc1ccc(C)c(OCCc2nnc(NC(=O)c3ccc(=O)n(C)c3)s2)c1. The van der Waals surface area contributed by atoms with Crippen LogP contribution in [0.25, 0.3) is 0 Å². The van der Waals surface area contributed by atoms with E-state index in [-0.39, 0.29) is 11.5 Å². The van der Waals surface area contributed by atoms with E-state index in [0.717, 1.165) is 21.9 Å². The van der Waals surface area contributed by atoms with Gasteiger partial charge in [-0.25, -0.2) is 0 Å². The van der Waals surface area contributed by atoms with Gasteiger partial charge in [-0.1, -0.05) is 23.5 Å². The van der Waals surface area contributed by atoms with Crippen molar-refractivity contribution in [2.24, 2.45) is 7.05 Å². The van der Waals surface area contributed by atoms with E-state index in [9.17, 15) is 9.59 Å². The Bertz CT molecular complexity index is 1030. The van der Waals surface area contributed by atoms with Crippen molar-refractivity contribution in [3.05, 3.63) is 68.6 Å². The van der Waals surface area contributed by atoms with Gasteiger partial charge in [-0.05, 0) is 37.1 Å². The molecule has 0 aliphatic rings. The fraction of sp³-hybridized carbons (Fsp3) is 0.263. The standard InChI is InChI=1S/C19H20N4O3S/c1-12-4-5-13(2)15(10-12)26-9-8-16-21-22-19(27-16)20-18(25)14-6-7-17(24)23(3)11-14/h4-7,10-11H,8-9H2,1-3H3,(H,20,22,25). The Balaban J connectivity index is 1.56. The third-order valence-corrected chi connectivity index (χ3v) is 4.85. The van der Waals surface area contributed by atoms with E-state index < -0.39 is 0 Å². The first-order chi connectivity index (χ1) is 12.9. The summed E-state index contributed by atoms with van der Waals surface area (Å²) in [4.78, 5) is 23.6. The molecule has 0 radical (unpaired) electrons. The van der Waals surface area contributed by atoms with Crippen molar-refractivity contribution in [2.45, 2.75) is 20.3 Å². The molecule has 0 aliphatic carbocycles. The Morgan fingerprint density at radius 2 is 2.04 bits per heavy atom. The number of pyridine rings is 1. The summed E-state index contributed by atoms with van der Waals surface area (Å²) in [5.74, 6) is 0.530. The van der Waals surface area contributed by atoms with Gasteiger partial charge in [0.2, 0.25) is 10.7 Å². The Hall–Kier alpha value is -3.00. The minimum atomic E-state index is -0.333. The molecule has 27 heavy (non-hydrogen) atoms. The molecule has 0 bridgehead atoms. The number of nitrogens with zero attached hydrogens (tertiary/aromatic N) is 3. The highest BCUT2D eigenvalue weighted by atomic mass is 32.1. The lowest BCUT2D eigenvalue weighted by Crippen LogP contribution is -2.19. The van der Waals surface area contributed by atoms with Crippen LogP contribution in [0, 0.1) is 13.8 Å². The Morgan fingerprint density at radius 1 is 1.22 bits per heavy atom. The van der Waals surface area contributed by atoms with Crippen molar-refractivity contribution in [2.75, 3.05) is 11.9 Å². The second kappa shape index (κ2) is 8.13. The van der Waals surface area contributed by atoms with Crippen molar-refractivity contribution in [3.63, 3.8) is 0 Å². The highest BCUT2D eigenvalue weighted by molar-refractivity contribution is 7.15. The van der Waals surface area contributed by atoms with Crippen LogP contribution >= 0.6 is 11.3 Å². The number of amides is 1. The summed E-state index contributed by atoms with van der Waals surface area (Å²) in [7, 11) is 1.60. The molecule has 0 aliphatic heterocycles. The summed E-state index contributed by atoms with van der Waals surface area (Å²) in [6.07, 6.45) is 2.08. The van der Waals surface area contributed by atoms with Gasteiger partial charge in [0.25, 0.3) is 5.91 Å². The van der Waals surface area contributed by atoms with Crippen molar-refractivity contribution < 1.29 is 9.53 Å². The number of carbonyl (C=O) groups is 1. The predicted molar refractivity (Wildman–Crippen MR) is 105 cm³/mol. The number of benzene rings is 1. The highest BCUT2D eigenvalue weighted by Crippen LogP contribution is 2.20. The molecular weight excluding hydrogens is 364 g/mol. The Labute approximate surface area is 160 Å². The summed E-state index contributed by atoms with van der Waals surface area (Å²) in [6, 6.07) is 8.92. The summed E-state index contributed by atoms with van der Waals surface area (Å²) in [5.41, 5.74) is 2.44. The first-order valence-electron chi connectivity index (χ1n) is 8.43. The van der Waals surface area contributed by atoms with Gasteiger partial charge in [-0.15, -0.1) is 10.2 Å². The molecular formula is C19H20N4O3S. The zero-order chi connectivity index (χ0) is 19.4. The molecule has 0 saturated carbocycles. The second-order valence-electron chi connectivity index (χ2n) is 6.19. The van der Waals surface area contributed by atoms with Crippen LogP contribution in [0.3, 0.4) is 0 Å². The summed E-state index contributed by atoms with van der Waals surface area (Å²) < 4.78 is 7.18. The van der Waals surface area contributed by atoms with Gasteiger partial charge in [-0.2, -0.15) is 0 Å². The molecule has 8 heteroatoms. The van der Waals surface area contributed by atoms with Crippen LogP contribution in [-0.4, -0.2) is 27.3 Å². The van der Waals surface area contributed by atoms with Crippen LogP contribution in [0.4, 0.5) is 5.13 Å². The molecule has 0 fully saturated rings. The average molecular weight is 384 g/mol. The number of nitrogens with one attached hydrogen (secondary N) is 1. The lowest BCUT2D eigenvalue weighted by molar-refractivity contribution is 0.102. The van der Waals surface area contributed by atoms with Gasteiger partial charge >= 0.3 is 0 Å². The fourth-order valence-corrected chi connectivity index (χ4v) is 3.13. The molecule has 1 N–H and O–H groups in total. The summed E-state index contributed by atoms with van der Waals surface area (Å²) >= 11 is 1.30. The van der Waals surface area contributed by atoms with Gasteiger partial charge < -0.3 is 9.30 Å². The highest BCUT2D eigenvalue weighted by Gasteiger charge is 2.11. The number of hydrogen-bond donors (Lipinski definition) is 1. The molecule has 1 amide bonds. The normalized spacial score (nSPS) is 10.6. The second-order valence-corrected chi connectivity index (χ2v) is 7.25. The zero-order valence-corrected chi connectivity index (χ0v) is 16.2. The van der Waals surface area contributed by atoms with Crippen LogP contribution < -0.4 is 15.6 Å². The van der Waals surface area contributed by atoms with Crippen molar-refractivity contribution in [1.82, 2.24) is 14.8 Å². The molecule has 0 spiro atoms. The third kappa shape index (κ3) is 4.79. The van der Waals surface area contributed by atoms with Gasteiger partial charge in [0.1, 0.15) is 10.8 Å². The van der Waals surface area contributed by atoms with E-state index in [1.165, 1.54) is 34.2 Å². The Kier molecular flexibility index (Phi) is 5.66. The van der Waals surface area contributed by atoms with Crippen LogP contribution in [-0.2, 0) is 13.5 Å². The van der Waals surface area contributed by atoms with E-state index in [2.05, 4.69) is 15.5 Å². The van der Waals surface area contributed by atoms with E-state index in [1.54, 1.807) is 7.05 Å².